The van der Waals surface area contributed by atoms with Crippen LogP contribution >= 0.6 is 15.9 Å². The summed E-state index contributed by atoms with van der Waals surface area (Å²) in [5.41, 5.74) is 1.27. The van der Waals surface area contributed by atoms with Gasteiger partial charge < -0.3 is 5.32 Å². The average molecular weight is 215 g/mol. The Morgan fingerprint density at radius 2 is 2.36 bits per heavy atom. The van der Waals surface area contributed by atoms with Crippen LogP contribution in [-0.4, -0.2) is 18.6 Å². The lowest BCUT2D eigenvalue weighted by atomic mass is 10.2. The first-order chi connectivity index (χ1) is 5.33. The van der Waals surface area contributed by atoms with Gasteiger partial charge in [-0.25, -0.2) is 4.98 Å². The number of rotatable bonds is 3. The van der Waals surface area contributed by atoms with E-state index in [0.29, 0.717) is 0 Å². The highest BCUT2D eigenvalue weighted by Gasteiger charge is 1.91. The third-order valence-electron chi connectivity index (χ3n) is 1.45. The number of hydrogen-bond acceptors (Lipinski definition) is 2. The fourth-order valence-electron chi connectivity index (χ4n) is 0.824. The molecule has 0 saturated carbocycles. The van der Waals surface area contributed by atoms with Gasteiger partial charge in [0.25, 0.3) is 0 Å². The Hall–Kier alpha value is -0.410. The van der Waals surface area contributed by atoms with Crippen molar-refractivity contribution >= 4 is 15.9 Å². The topological polar surface area (TPSA) is 24.9 Å². The third-order valence-corrected chi connectivity index (χ3v) is 1.92. The molecule has 0 radical (unpaired) electrons. The van der Waals surface area contributed by atoms with Gasteiger partial charge in [-0.15, -0.1) is 0 Å². The SMILES string of the molecule is CNCCc1ccc(Br)nc1. The van der Waals surface area contributed by atoms with Gasteiger partial charge in [0.15, 0.2) is 0 Å². The standard InChI is InChI=1S/C8H11BrN2/c1-10-5-4-7-2-3-8(9)11-6-7/h2-3,6,10H,4-5H2,1H3. The molecule has 11 heavy (non-hydrogen) atoms. The number of pyridine rings is 1. The lowest BCUT2D eigenvalue weighted by Crippen LogP contribution is -2.10. The van der Waals surface area contributed by atoms with Gasteiger partial charge in [-0.3, -0.25) is 0 Å². The van der Waals surface area contributed by atoms with Gasteiger partial charge in [0.05, 0.1) is 0 Å². The van der Waals surface area contributed by atoms with E-state index in [1.54, 1.807) is 0 Å². The monoisotopic (exact) mass is 214 g/mol. The Kier molecular flexibility index (Phi) is 3.52. The molecular weight excluding hydrogens is 204 g/mol. The Morgan fingerprint density at radius 1 is 1.55 bits per heavy atom. The molecule has 0 bridgehead atoms. The normalized spacial score (nSPS) is 10.0. The summed E-state index contributed by atoms with van der Waals surface area (Å²) in [5.74, 6) is 0. The van der Waals surface area contributed by atoms with E-state index in [1.165, 1.54) is 5.56 Å². The number of halogens is 1. The summed E-state index contributed by atoms with van der Waals surface area (Å²) in [6.07, 6.45) is 2.93. The predicted octanol–water partition coefficient (Wildman–Crippen LogP) is 1.61. The molecule has 0 atom stereocenters. The van der Waals surface area contributed by atoms with Crippen molar-refractivity contribution in [2.45, 2.75) is 6.42 Å². The van der Waals surface area contributed by atoms with Gasteiger partial charge in [0.1, 0.15) is 4.60 Å². The van der Waals surface area contributed by atoms with Crippen LogP contribution in [0.4, 0.5) is 0 Å². The second-order valence-electron chi connectivity index (χ2n) is 2.34. The van der Waals surface area contributed by atoms with Crippen molar-refractivity contribution in [1.82, 2.24) is 10.3 Å². The molecule has 3 heteroatoms. The first kappa shape index (κ1) is 8.68. The zero-order valence-corrected chi connectivity index (χ0v) is 8.06. The average Bonchev–Trinajstić information content (AvgIpc) is 2.04. The van der Waals surface area contributed by atoms with Crippen LogP contribution in [0.5, 0.6) is 0 Å². The van der Waals surface area contributed by atoms with Crippen molar-refractivity contribution in [2.24, 2.45) is 0 Å². The van der Waals surface area contributed by atoms with E-state index in [0.717, 1.165) is 17.6 Å². The summed E-state index contributed by atoms with van der Waals surface area (Å²) in [6.45, 7) is 1.00. The number of aromatic nitrogens is 1. The van der Waals surface area contributed by atoms with Crippen LogP contribution in [0.3, 0.4) is 0 Å². The quantitative estimate of drug-likeness (QED) is 0.774. The van der Waals surface area contributed by atoms with Gasteiger partial charge in [0.2, 0.25) is 0 Å². The molecule has 1 aromatic heterocycles. The van der Waals surface area contributed by atoms with E-state index >= 15 is 0 Å². The number of nitrogens with one attached hydrogen (secondary N) is 1. The maximum Gasteiger partial charge on any atom is 0.106 e. The van der Waals surface area contributed by atoms with Crippen molar-refractivity contribution < 1.29 is 0 Å². The molecule has 2 nitrogen and oxygen atoms in total. The van der Waals surface area contributed by atoms with Crippen LogP contribution in [0.1, 0.15) is 5.56 Å². The minimum atomic E-state index is 0.894. The Bertz CT molecular complexity index is 208. The zero-order valence-electron chi connectivity index (χ0n) is 6.47. The molecule has 1 rings (SSSR count). The molecule has 0 amide bonds. The number of hydrogen-bond donors (Lipinski definition) is 1. The van der Waals surface area contributed by atoms with Crippen LogP contribution in [0, 0.1) is 0 Å². The fraction of sp³-hybridized carbons (Fsp3) is 0.375. The van der Waals surface area contributed by atoms with Crippen molar-refractivity contribution in [3.05, 3.63) is 28.5 Å². The minimum absolute atomic E-state index is 0.894. The second-order valence-corrected chi connectivity index (χ2v) is 3.16. The van der Waals surface area contributed by atoms with E-state index in [4.69, 9.17) is 0 Å². The third kappa shape index (κ3) is 2.99. The van der Waals surface area contributed by atoms with Gasteiger partial charge in [-0.1, -0.05) is 6.07 Å². The highest BCUT2D eigenvalue weighted by molar-refractivity contribution is 9.10. The molecule has 0 aliphatic heterocycles. The molecule has 60 valence electrons. The molecule has 1 N–H and O–H groups in total. The van der Waals surface area contributed by atoms with E-state index in [1.807, 2.05) is 19.3 Å². The minimum Gasteiger partial charge on any atom is -0.319 e. The summed E-state index contributed by atoms with van der Waals surface area (Å²) in [4.78, 5) is 4.12. The molecule has 0 saturated heterocycles. The van der Waals surface area contributed by atoms with Gasteiger partial charge in [0, 0.05) is 6.20 Å². The molecule has 0 fully saturated rings. The molecule has 0 aliphatic carbocycles. The molecule has 0 unspecified atom stereocenters. The maximum absolute atomic E-state index is 4.12. The fourth-order valence-corrected chi connectivity index (χ4v) is 1.06. The van der Waals surface area contributed by atoms with Gasteiger partial charge in [-0.05, 0) is 47.6 Å². The molecule has 0 spiro atoms. The zero-order chi connectivity index (χ0) is 8.10. The van der Waals surface area contributed by atoms with Crippen molar-refractivity contribution in [3.8, 4) is 0 Å². The van der Waals surface area contributed by atoms with Crippen molar-refractivity contribution in [3.63, 3.8) is 0 Å². The Labute approximate surface area is 75.2 Å². The summed E-state index contributed by atoms with van der Waals surface area (Å²) < 4.78 is 0.894. The largest absolute Gasteiger partial charge is 0.319 e. The van der Waals surface area contributed by atoms with Gasteiger partial charge in [-0.2, -0.15) is 0 Å². The second kappa shape index (κ2) is 4.46. The molecule has 1 aromatic rings. The summed E-state index contributed by atoms with van der Waals surface area (Å²) in [6, 6.07) is 4.04. The van der Waals surface area contributed by atoms with E-state index in [9.17, 15) is 0 Å². The van der Waals surface area contributed by atoms with E-state index in [2.05, 4.69) is 32.3 Å². The highest BCUT2D eigenvalue weighted by atomic mass is 79.9. The summed E-state index contributed by atoms with van der Waals surface area (Å²) in [5, 5.41) is 3.09. The van der Waals surface area contributed by atoms with Crippen LogP contribution < -0.4 is 5.32 Å². The number of nitrogens with zero attached hydrogens (tertiary/aromatic N) is 1. The molecule has 0 aliphatic rings. The Morgan fingerprint density at radius 3 is 2.91 bits per heavy atom. The number of likely N-dealkylation sites (N-methyl/N-ethyl adjacent to an activating group) is 1. The lowest BCUT2D eigenvalue weighted by Gasteiger charge is -1.98. The first-order valence-electron chi connectivity index (χ1n) is 3.58. The maximum atomic E-state index is 4.12. The Balaban J connectivity index is 2.52. The van der Waals surface area contributed by atoms with Crippen molar-refractivity contribution in [2.75, 3.05) is 13.6 Å². The van der Waals surface area contributed by atoms with E-state index < -0.39 is 0 Å². The summed E-state index contributed by atoms with van der Waals surface area (Å²) in [7, 11) is 1.95. The summed E-state index contributed by atoms with van der Waals surface area (Å²) >= 11 is 3.29. The van der Waals surface area contributed by atoms with E-state index in [-0.39, 0.29) is 0 Å². The lowest BCUT2D eigenvalue weighted by molar-refractivity contribution is 0.789. The van der Waals surface area contributed by atoms with Crippen molar-refractivity contribution in [1.29, 1.82) is 0 Å². The van der Waals surface area contributed by atoms with Crippen LogP contribution in [0.2, 0.25) is 0 Å². The molecular formula is C8H11BrN2. The van der Waals surface area contributed by atoms with Gasteiger partial charge >= 0.3 is 0 Å². The molecule has 0 aromatic carbocycles. The first-order valence-corrected chi connectivity index (χ1v) is 4.37. The van der Waals surface area contributed by atoms with Crippen LogP contribution in [0.15, 0.2) is 22.9 Å². The van der Waals surface area contributed by atoms with Crippen LogP contribution in [-0.2, 0) is 6.42 Å². The highest BCUT2D eigenvalue weighted by Crippen LogP contribution is 2.05. The predicted molar refractivity (Wildman–Crippen MR) is 49.6 cm³/mol. The smallest absolute Gasteiger partial charge is 0.106 e. The molecule has 1 heterocycles. The van der Waals surface area contributed by atoms with Crippen LogP contribution in [0.25, 0.3) is 0 Å².